The Bertz CT molecular complexity index is 1770. The summed E-state index contributed by atoms with van der Waals surface area (Å²) < 4.78 is 74.7. The number of aliphatic hydroxyl groups is 1. The fourth-order valence-electron chi connectivity index (χ4n) is 6.17. The van der Waals surface area contributed by atoms with Gasteiger partial charge in [0, 0.05) is 73.6 Å². The highest BCUT2D eigenvalue weighted by Crippen LogP contribution is 2.34. The molecule has 1 saturated heterocycles. The van der Waals surface area contributed by atoms with Gasteiger partial charge in [-0.05, 0) is 30.7 Å². The predicted molar refractivity (Wildman–Crippen MR) is 154 cm³/mol. The molecule has 1 aliphatic heterocycles. The maximum atomic E-state index is 15.0. The van der Waals surface area contributed by atoms with Gasteiger partial charge in [-0.1, -0.05) is 24.3 Å². The first-order valence-electron chi connectivity index (χ1n) is 14.3. The Labute approximate surface area is 250 Å². The van der Waals surface area contributed by atoms with E-state index in [2.05, 4.69) is 19.9 Å². The van der Waals surface area contributed by atoms with Crippen LogP contribution < -0.4 is 0 Å². The van der Waals surface area contributed by atoms with Crippen LogP contribution in [0.4, 0.5) is 22.0 Å². The lowest BCUT2D eigenvalue weighted by Gasteiger charge is -2.45. The van der Waals surface area contributed by atoms with Crippen LogP contribution in [0.1, 0.15) is 23.6 Å². The van der Waals surface area contributed by atoms with E-state index in [1.165, 1.54) is 41.6 Å². The summed E-state index contributed by atoms with van der Waals surface area (Å²) in [5.41, 5.74) is -0.320. The highest BCUT2D eigenvalue weighted by molar-refractivity contribution is 5.84. The second-order valence-electron chi connectivity index (χ2n) is 11.3. The molecule has 2 atom stereocenters. The summed E-state index contributed by atoms with van der Waals surface area (Å²) in [4.78, 5) is 8.17. The maximum Gasteiger partial charge on any atom is 0.147 e. The van der Waals surface area contributed by atoms with E-state index in [0.29, 0.717) is 43.6 Å². The summed E-state index contributed by atoms with van der Waals surface area (Å²) >= 11 is 0. The van der Waals surface area contributed by atoms with E-state index >= 15 is 8.78 Å². The van der Waals surface area contributed by atoms with Crippen LogP contribution in [-0.2, 0) is 25.2 Å². The molecule has 0 aliphatic carbocycles. The van der Waals surface area contributed by atoms with Crippen molar-refractivity contribution in [3.63, 3.8) is 0 Å². The zero-order valence-electron chi connectivity index (χ0n) is 24.0. The number of para-hydroxylation sites is 1. The smallest absolute Gasteiger partial charge is 0.147 e. The third-order valence-electron chi connectivity index (χ3n) is 8.59. The summed E-state index contributed by atoms with van der Waals surface area (Å²) in [6, 6.07) is 10.7. The van der Waals surface area contributed by atoms with Crippen LogP contribution in [0.15, 0.2) is 73.4 Å². The average molecular weight is 611 g/mol. The molecule has 1 aliphatic rings. The molecule has 2 aromatic heterocycles. The lowest BCUT2D eigenvalue weighted by molar-refractivity contribution is -0.0743. The molecule has 0 saturated carbocycles. The van der Waals surface area contributed by atoms with Crippen molar-refractivity contribution in [1.29, 1.82) is 0 Å². The van der Waals surface area contributed by atoms with Crippen LogP contribution in [0.5, 0.6) is 0 Å². The Morgan fingerprint density at radius 3 is 2.25 bits per heavy atom. The summed E-state index contributed by atoms with van der Waals surface area (Å²) in [6.07, 6.45) is 4.56. The second-order valence-corrected chi connectivity index (χ2v) is 11.3. The van der Waals surface area contributed by atoms with Crippen LogP contribution >= 0.6 is 0 Å². The van der Waals surface area contributed by atoms with Gasteiger partial charge in [0.25, 0.3) is 0 Å². The molecule has 3 aromatic carbocycles. The van der Waals surface area contributed by atoms with Gasteiger partial charge in [0.2, 0.25) is 0 Å². The van der Waals surface area contributed by atoms with Crippen molar-refractivity contribution in [1.82, 2.24) is 29.1 Å². The van der Waals surface area contributed by atoms with Gasteiger partial charge in [-0.25, -0.2) is 31.6 Å². The molecule has 0 amide bonds. The summed E-state index contributed by atoms with van der Waals surface area (Å²) in [6.45, 7) is 4.54. The number of benzene rings is 3. The van der Waals surface area contributed by atoms with E-state index in [1.54, 1.807) is 23.8 Å². The minimum atomic E-state index is -1.74. The first kappa shape index (κ1) is 29.9. The third kappa shape index (κ3) is 5.84. The van der Waals surface area contributed by atoms with Crippen molar-refractivity contribution in [2.24, 2.45) is 0 Å². The zero-order chi connectivity index (χ0) is 31.0. The summed E-state index contributed by atoms with van der Waals surface area (Å²) in [5, 5.41) is 16.7. The summed E-state index contributed by atoms with van der Waals surface area (Å²) in [5.74, 6) is -3.39. The lowest BCUT2D eigenvalue weighted by atomic mass is 9.85. The lowest BCUT2D eigenvalue weighted by Crippen LogP contribution is -2.57. The van der Waals surface area contributed by atoms with E-state index < -0.39 is 40.7 Å². The number of aromatic nitrogens is 4. The van der Waals surface area contributed by atoms with Crippen molar-refractivity contribution in [2.75, 3.05) is 26.2 Å². The van der Waals surface area contributed by atoms with Gasteiger partial charge in [0.1, 0.15) is 47.3 Å². The van der Waals surface area contributed by atoms with Crippen LogP contribution in [0, 0.1) is 29.1 Å². The van der Waals surface area contributed by atoms with Gasteiger partial charge < -0.3 is 9.67 Å². The first-order chi connectivity index (χ1) is 21.1. The fourth-order valence-corrected chi connectivity index (χ4v) is 6.17. The Kier molecular flexibility index (Phi) is 8.23. The molecule has 0 radical (unpaired) electrons. The monoisotopic (exact) mass is 610 g/mol. The summed E-state index contributed by atoms with van der Waals surface area (Å²) in [7, 11) is 0. The molecule has 7 nitrogen and oxygen atoms in total. The predicted octanol–water partition coefficient (Wildman–Crippen LogP) is 5.07. The molecule has 44 heavy (non-hydrogen) atoms. The molecule has 230 valence electrons. The van der Waals surface area contributed by atoms with Crippen molar-refractivity contribution in [3.8, 4) is 0 Å². The maximum absolute atomic E-state index is 15.0. The SMILES string of the molecule is C[C@@H](N1CCN(Cc2cn(Cc3ccc(F)cc3F)c3c(F)cccc23)CC1)[C@](O)(Cn1cncn1)c1ccc(F)cc1F. The number of piperazine rings is 1. The molecule has 12 heteroatoms. The quantitative estimate of drug-likeness (QED) is 0.236. The standard InChI is InChI=1S/C32H31F5N6O/c1-21(32(44,18-43-20-38-19-39-43)27-8-7-25(34)14-30(27)37)41-11-9-40(10-12-41)15-23-17-42(31-26(23)3-2-4-28(31)35)16-22-5-6-24(33)13-29(22)36/h2-8,13-14,17,19-21,44H,9-12,15-16,18H2,1H3/t21-,32-/m1/s1. The average Bonchev–Trinajstić information content (AvgIpc) is 3.63. The number of halogens is 5. The molecule has 0 bridgehead atoms. The third-order valence-corrected chi connectivity index (χ3v) is 8.59. The van der Waals surface area contributed by atoms with E-state index in [-0.39, 0.29) is 24.2 Å². The van der Waals surface area contributed by atoms with Crippen molar-refractivity contribution >= 4 is 10.9 Å². The first-order valence-corrected chi connectivity index (χ1v) is 14.3. The van der Waals surface area contributed by atoms with Crippen LogP contribution in [-0.4, -0.2) is 66.5 Å². The Morgan fingerprint density at radius 2 is 1.57 bits per heavy atom. The Morgan fingerprint density at radius 1 is 0.841 bits per heavy atom. The minimum absolute atomic E-state index is 0.0308. The number of nitrogens with zero attached hydrogens (tertiary/aromatic N) is 6. The molecular weight excluding hydrogens is 579 g/mol. The Hall–Kier alpha value is -4.13. The van der Waals surface area contributed by atoms with E-state index in [4.69, 9.17) is 0 Å². The molecule has 3 heterocycles. The number of hydrogen-bond acceptors (Lipinski definition) is 5. The number of fused-ring (bicyclic) bond motifs is 1. The van der Waals surface area contributed by atoms with Crippen LogP contribution in [0.3, 0.4) is 0 Å². The van der Waals surface area contributed by atoms with Gasteiger partial charge in [0.15, 0.2) is 0 Å². The van der Waals surface area contributed by atoms with Crippen molar-refractivity contribution in [2.45, 2.75) is 38.2 Å². The van der Waals surface area contributed by atoms with E-state index in [1.807, 2.05) is 6.07 Å². The number of rotatable bonds is 9. The van der Waals surface area contributed by atoms with E-state index in [0.717, 1.165) is 23.8 Å². The fraction of sp³-hybridized carbons (Fsp3) is 0.312. The molecule has 0 spiro atoms. The molecular formula is C32H31F5N6O. The van der Waals surface area contributed by atoms with Gasteiger partial charge >= 0.3 is 0 Å². The normalized spacial score (nSPS) is 16.8. The topological polar surface area (TPSA) is 62.4 Å². The van der Waals surface area contributed by atoms with Crippen LogP contribution in [0.25, 0.3) is 10.9 Å². The highest BCUT2D eigenvalue weighted by atomic mass is 19.1. The Balaban J connectivity index is 1.20. The van der Waals surface area contributed by atoms with Gasteiger partial charge in [-0.3, -0.25) is 9.80 Å². The van der Waals surface area contributed by atoms with E-state index in [9.17, 15) is 18.3 Å². The molecule has 5 aromatic rings. The van der Waals surface area contributed by atoms with Crippen LogP contribution in [0.2, 0.25) is 0 Å². The minimum Gasteiger partial charge on any atom is -0.381 e. The molecule has 1 fully saturated rings. The molecule has 1 N–H and O–H groups in total. The van der Waals surface area contributed by atoms with Crippen molar-refractivity contribution in [3.05, 3.63) is 119 Å². The van der Waals surface area contributed by atoms with Gasteiger partial charge in [0.05, 0.1) is 18.6 Å². The zero-order valence-corrected chi connectivity index (χ0v) is 24.0. The number of hydrogen-bond donors (Lipinski definition) is 1. The second kappa shape index (κ2) is 12.1. The largest absolute Gasteiger partial charge is 0.381 e. The van der Waals surface area contributed by atoms with Crippen molar-refractivity contribution < 1.29 is 27.1 Å². The highest BCUT2D eigenvalue weighted by Gasteiger charge is 2.42. The van der Waals surface area contributed by atoms with Gasteiger partial charge in [-0.2, -0.15) is 5.10 Å². The van der Waals surface area contributed by atoms with Gasteiger partial charge in [-0.15, -0.1) is 0 Å². The molecule has 0 unspecified atom stereocenters. The molecule has 6 rings (SSSR count).